The molecule has 1 aliphatic carbocycles. The van der Waals surface area contributed by atoms with Crippen LogP contribution in [-0.2, 0) is 0 Å². The predicted octanol–water partition coefficient (Wildman–Crippen LogP) is 2.75. The Labute approximate surface area is 51.6 Å². The lowest BCUT2D eigenvalue weighted by Crippen LogP contribution is -1.75. The molecule has 1 unspecified atom stereocenters. The summed E-state index contributed by atoms with van der Waals surface area (Å²) < 4.78 is 0. The van der Waals surface area contributed by atoms with Gasteiger partial charge in [-0.05, 0) is 18.8 Å². The smallest absolute Gasteiger partial charge is 0.00228 e. The molecule has 0 radical (unpaired) electrons. The van der Waals surface area contributed by atoms with Crippen LogP contribution in [0.15, 0.2) is 11.6 Å². The summed E-state index contributed by atoms with van der Waals surface area (Å²) in [7, 11) is 0. The van der Waals surface area contributed by atoms with Gasteiger partial charge in [0, 0.05) is 0 Å². The van der Waals surface area contributed by atoms with E-state index in [0.29, 0.717) is 0 Å². The van der Waals surface area contributed by atoms with Crippen molar-refractivity contribution in [3.8, 4) is 0 Å². The topological polar surface area (TPSA) is 0 Å². The fourth-order valence-corrected chi connectivity index (χ4v) is 1.15. The molecule has 1 aliphatic rings. The zero-order valence-corrected chi connectivity index (χ0v) is 5.78. The standard InChI is InChI=1S/C8H14/c1-3-5-8-6-7(8)4-2/h6-7H,3-5H2,1-2H3. The fourth-order valence-electron chi connectivity index (χ4n) is 1.15. The highest BCUT2D eigenvalue weighted by molar-refractivity contribution is 5.28. The highest BCUT2D eigenvalue weighted by Crippen LogP contribution is 2.34. The van der Waals surface area contributed by atoms with Crippen molar-refractivity contribution < 1.29 is 0 Å². The molecule has 0 spiro atoms. The van der Waals surface area contributed by atoms with Crippen molar-refractivity contribution in [2.45, 2.75) is 33.1 Å². The molecule has 0 saturated heterocycles. The molecular weight excluding hydrogens is 96.1 g/mol. The maximum Gasteiger partial charge on any atom is -0.00228 e. The van der Waals surface area contributed by atoms with Crippen molar-refractivity contribution in [3.05, 3.63) is 11.6 Å². The molecule has 1 rings (SSSR count). The first kappa shape index (κ1) is 5.87. The van der Waals surface area contributed by atoms with Crippen molar-refractivity contribution >= 4 is 0 Å². The van der Waals surface area contributed by atoms with Gasteiger partial charge in [0.2, 0.25) is 0 Å². The number of hydrogen-bond acceptors (Lipinski definition) is 0. The van der Waals surface area contributed by atoms with Crippen molar-refractivity contribution in [2.75, 3.05) is 0 Å². The van der Waals surface area contributed by atoms with E-state index in [-0.39, 0.29) is 0 Å². The molecular formula is C8H14. The molecule has 0 amide bonds. The summed E-state index contributed by atoms with van der Waals surface area (Å²) in [4.78, 5) is 0. The summed E-state index contributed by atoms with van der Waals surface area (Å²) in [5.74, 6) is 0.912. The van der Waals surface area contributed by atoms with Crippen LogP contribution < -0.4 is 0 Å². The Bertz CT molecular complexity index is 101. The van der Waals surface area contributed by atoms with Gasteiger partial charge in [-0.2, -0.15) is 0 Å². The normalized spacial score (nSPS) is 25.2. The van der Waals surface area contributed by atoms with Crippen LogP contribution in [0.5, 0.6) is 0 Å². The van der Waals surface area contributed by atoms with Crippen molar-refractivity contribution in [3.63, 3.8) is 0 Å². The maximum atomic E-state index is 2.39. The molecule has 0 aromatic heterocycles. The zero-order chi connectivity index (χ0) is 5.98. The van der Waals surface area contributed by atoms with Gasteiger partial charge in [0.25, 0.3) is 0 Å². The fraction of sp³-hybridized carbons (Fsp3) is 0.750. The summed E-state index contributed by atoms with van der Waals surface area (Å²) in [6, 6.07) is 0. The molecule has 0 N–H and O–H groups in total. The minimum absolute atomic E-state index is 0.912. The van der Waals surface area contributed by atoms with Gasteiger partial charge in [0.1, 0.15) is 0 Å². The Morgan fingerprint density at radius 2 is 2.25 bits per heavy atom. The van der Waals surface area contributed by atoms with Crippen LogP contribution in [0.4, 0.5) is 0 Å². The Morgan fingerprint density at radius 3 is 2.62 bits per heavy atom. The van der Waals surface area contributed by atoms with E-state index in [4.69, 9.17) is 0 Å². The summed E-state index contributed by atoms with van der Waals surface area (Å²) >= 11 is 0. The van der Waals surface area contributed by atoms with E-state index >= 15 is 0 Å². The summed E-state index contributed by atoms with van der Waals surface area (Å²) in [5.41, 5.74) is 1.70. The molecule has 0 aromatic rings. The third-order valence-electron chi connectivity index (χ3n) is 1.76. The number of allylic oxidation sites excluding steroid dienone is 2. The van der Waals surface area contributed by atoms with Gasteiger partial charge < -0.3 is 0 Å². The molecule has 46 valence electrons. The largest absolute Gasteiger partial charge is 0.0776 e. The summed E-state index contributed by atoms with van der Waals surface area (Å²) in [5, 5.41) is 0. The lowest BCUT2D eigenvalue weighted by Gasteiger charge is -1.90. The summed E-state index contributed by atoms with van der Waals surface area (Å²) in [6.07, 6.45) is 6.39. The SMILES string of the molecule is CCCC1=CC1CC. The second-order valence-electron chi connectivity index (χ2n) is 2.51. The highest BCUT2D eigenvalue weighted by Gasteiger charge is 2.19. The van der Waals surface area contributed by atoms with Crippen LogP contribution in [0.3, 0.4) is 0 Å². The van der Waals surface area contributed by atoms with Gasteiger partial charge in [0.05, 0.1) is 0 Å². The quantitative estimate of drug-likeness (QED) is 0.490. The van der Waals surface area contributed by atoms with E-state index in [1.54, 1.807) is 5.57 Å². The second kappa shape index (κ2) is 2.34. The van der Waals surface area contributed by atoms with E-state index in [1.807, 2.05) is 0 Å². The Morgan fingerprint density at radius 1 is 1.50 bits per heavy atom. The Balaban J connectivity index is 2.06. The molecule has 8 heavy (non-hydrogen) atoms. The van der Waals surface area contributed by atoms with Gasteiger partial charge >= 0.3 is 0 Å². The van der Waals surface area contributed by atoms with E-state index in [2.05, 4.69) is 19.9 Å². The lowest BCUT2D eigenvalue weighted by molar-refractivity contribution is 0.784. The average molecular weight is 110 g/mol. The Hall–Kier alpha value is -0.260. The summed E-state index contributed by atoms with van der Waals surface area (Å²) in [6.45, 7) is 4.50. The van der Waals surface area contributed by atoms with Crippen molar-refractivity contribution in [1.82, 2.24) is 0 Å². The molecule has 0 aromatic carbocycles. The van der Waals surface area contributed by atoms with Crippen LogP contribution in [0.1, 0.15) is 33.1 Å². The molecule has 0 aliphatic heterocycles. The monoisotopic (exact) mass is 110 g/mol. The van der Waals surface area contributed by atoms with E-state index in [9.17, 15) is 0 Å². The molecule has 0 heterocycles. The lowest BCUT2D eigenvalue weighted by atomic mass is 10.2. The third-order valence-corrected chi connectivity index (χ3v) is 1.76. The van der Waals surface area contributed by atoms with Crippen LogP contribution in [0.2, 0.25) is 0 Å². The van der Waals surface area contributed by atoms with E-state index in [1.165, 1.54) is 19.3 Å². The van der Waals surface area contributed by atoms with Crippen LogP contribution >= 0.6 is 0 Å². The van der Waals surface area contributed by atoms with Gasteiger partial charge in [0.15, 0.2) is 0 Å². The van der Waals surface area contributed by atoms with Gasteiger partial charge in [-0.15, -0.1) is 0 Å². The van der Waals surface area contributed by atoms with E-state index < -0.39 is 0 Å². The zero-order valence-electron chi connectivity index (χ0n) is 5.78. The first-order valence-corrected chi connectivity index (χ1v) is 3.59. The molecule has 0 fully saturated rings. The average Bonchev–Trinajstić information content (AvgIpc) is 2.48. The third kappa shape index (κ3) is 1.12. The van der Waals surface area contributed by atoms with Gasteiger partial charge in [-0.25, -0.2) is 0 Å². The number of rotatable bonds is 3. The predicted molar refractivity (Wildman–Crippen MR) is 36.8 cm³/mol. The highest BCUT2D eigenvalue weighted by atomic mass is 14.2. The second-order valence-corrected chi connectivity index (χ2v) is 2.51. The van der Waals surface area contributed by atoms with Crippen LogP contribution in [0.25, 0.3) is 0 Å². The molecule has 0 bridgehead atoms. The number of hydrogen-bond donors (Lipinski definition) is 0. The maximum absolute atomic E-state index is 2.39. The first-order chi connectivity index (χ1) is 3.88. The molecule has 0 nitrogen and oxygen atoms in total. The van der Waals surface area contributed by atoms with Crippen molar-refractivity contribution in [2.24, 2.45) is 5.92 Å². The first-order valence-electron chi connectivity index (χ1n) is 3.59. The molecule has 0 saturated carbocycles. The van der Waals surface area contributed by atoms with Crippen molar-refractivity contribution in [1.29, 1.82) is 0 Å². The molecule has 0 heteroatoms. The van der Waals surface area contributed by atoms with Crippen LogP contribution in [0, 0.1) is 5.92 Å². The van der Waals surface area contributed by atoms with Gasteiger partial charge in [-0.1, -0.05) is 31.9 Å². The minimum Gasteiger partial charge on any atom is -0.0776 e. The van der Waals surface area contributed by atoms with Crippen LogP contribution in [-0.4, -0.2) is 0 Å². The van der Waals surface area contributed by atoms with Gasteiger partial charge in [-0.3, -0.25) is 0 Å². The minimum atomic E-state index is 0.912. The molecule has 1 atom stereocenters. The Kier molecular flexibility index (Phi) is 1.72. The van der Waals surface area contributed by atoms with E-state index in [0.717, 1.165) is 5.92 Å².